The molecule has 2 heterocycles. The third kappa shape index (κ3) is 4.10. The fraction of sp³-hybridized carbons (Fsp3) is 0.273. The number of para-hydroxylation sites is 1. The Hall–Kier alpha value is -3.07. The molecule has 1 amide bonds. The van der Waals surface area contributed by atoms with E-state index in [0.29, 0.717) is 28.0 Å². The Labute approximate surface area is 182 Å². The first-order chi connectivity index (χ1) is 14.9. The molecule has 0 N–H and O–H groups in total. The molecule has 6 nitrogen and oxygen atoms in total. The summed E-state index contributed by atoms with van der Waals surface area (Å²) in [6.07, 6.45) is -1.27. The van der Waals surface area contributed by atoms with Crippen molar-refractivity contribution >= 4 is 23.4 Å². The van der Waals surface area contributed by atoms with Gasteiger partial charge in [0.2, 0.25) is 23.2 Å². The normalized spacial score (nSPS) is 15.2. The van der Waals surface area contributed by atoms with E-state index in [1.54, 1.807) is 24.3 Å². The Morgan fingerprint density at radius 2 is 1.94 bits per heavy atom. The van der Waals surface area contributed by atoms with Gasteiger partial charge in [-0.2, -0.15) is 4.98 Å². The molecule has 31 heavy (non-hydrogen) atoms. The van der Waals surface area contributed by atoms with E-state index in [1.807, 2.05) is 0 Å². The first-order valence-electron chi connectivity index (χ1n) is 9.74. The maximum atomic E-state index is 14.8. The number of hydrogen-bond donors (Lipinski definition) is 0. The molecule has 1 aliphatic rings. The quantitative estimate of drug-likeness (QED) is 0.529. The summed E-state index contributed by atoms with van der Waals surface area (Å²) in [5.74, 6) is -1.23. The molecule has 0 aliphatic carbocycles. The predicted octanol–water partition coefficient (Wildman–Crippen LogP) is 5.01. The number of hydrogen-bond acceptors (Lipinski definition) is 6. The number of ether oxygens (including phenoxy) is 1. The third-order valence-corrected chi connectivity index (χ3v) is 5.91. The summed E-state index contributed by atoms with van der Waals surface area (Å²) >= 11 is 1.42. The average Bonchev–Trinajstić information content (AvgIpc) is 2.88. The van der Waals surface area contributed by atoms with Crippen molar-refractivity contribution in [1.29, 1.82) is 0 Å². The van der Waals surface area contributed by atoms with Gasteiger partial charge in [0.1, 0.15) is 0 Å². The van der Waals surface area contributed by atoms with Crippen molar-refractivity contribution in [2.24, 2.45) is 5.92 Å². The topological polar surface area (TPSA) is 68.2 Å². The van der Waals surface area contributed by atoms with Crippen LogP contribution in [0.2, 0.25) is 0 Å². The Morgan fingerprint density at radius 1 is 1.16 bits per heavy atom. The highest BCUT2D eigenvalue weighted by Crippen LogP contribution is 2.43. The van der Waals surface area contributed by atoms with Gasteiger partial charge in [-0.05, 0) is 18.1 Å². The Bertz CT molecular complexity index is 1140. The second-order valence-corrected chi connectivity index (χ2v) is 8.46. The second kappa shape index (κ2) is 8.58. The van der Waals surface area contributed by atoms with E-state index in [1.165, 1.54) is 35.7 Å². The van der Waals surface area contributed by atoms with Crippen LogP contribution >= 0.6 is 11.8 Å². The van der Waals surface area contributed by atoms with Crippen LogP contribution in [0.1, 0.15) is 32.6 Å². The zero-order valence-electron chi connectivity index (χ0n) is 17.2. The van der Waals surface area contributed by atoms with Crippen molar-refractivity contribution in [3.05, 3.63) is 59.7 Å². The number of amides is 1. The molecular formula is C22H20F2N4O2S. The van der Waals surface area contributed by atoms with Gasteiger partial charge in [-0.25, -0.2) is 8.78 Å². The highest BCUT2D eigenvalue weighted by molar-refractivity contribution is 7.99. The molecule has 1 atom stereocenters. The number of halogens is 2. The van der Waals surface area contributed by atoms with Gasteiger partial charge in [0.25, 0.3) is 0 Å². The lowest BCUT2D eigenvalue weighted by Gasteiger charge is -2.30. The van der Waals surface area contributed by atoms with Crippen LogP contribution in [-0.4, -0.2) is 26.8 Å². The first-order valence-corrected chi connectivity index (χ1v) is 10.7. The van der Waals surface area contributed by atoms with Gasteiger partial charge < -0.3 is 4.74 Å². The third-order valence-electron chi connectivity index (χ3n) is 4.64. The van der Waals surface area contributed by atoms with E-state index in [0.717, 1.165) is 11.8 Å². The molecule has 9 heteroatoms. The van der Waals surface area contributed by atoms with Gasteiger partial charge in [0.15, 0.2) is 17.3 Å². The van der Waals surface area contributed by atoms with E-state index in [-0.39, 0.29) is 11.4 Å². The van der Waals surface area contributed by atoms with Crippen LogP contribution in [0.4, 0.5) is 14.5 Å². The van der Waals surface area contributed by atoms with E-state index in [4.69, 9.17) is 4.74 Å². The van der Waals surface area contributed by atoms with Crippen LogP contribution in [0.3, 0.4) is 0 Å². The van der Waals surface area contributed by atoms with Crippen molar-refractivity contribution in [1.82, 2.24) is 15.2 Å². The minimum atomic E-state index is -1.27. The van der Waals surface area contributed by atoms with Crippen LogP contribution in [0.5, 0.6) is 5.88 Å². The van der Waals surface area contributed by atoms with E-state index >= 15 is 0 Å². The number of carbonyl (C=O) groups is 1. The molecule has 0 bridgehead atoms. The molecule has 0 fully saturated rings. The van der Waals surface area contributed by atoms with Gasteiger partial charge >= 0.3 is 0 Å². The van der Waals surface area contributed by atoms with Crippen molar-refractivity contribution < 1.29 is 18.3 Å². The zero-order chi connectivity index (χ0) is 22.1. The van der Waals surface area contributed by atoms with Gasteiger partial charge in [-0.1, -0.05) is 55.9 Å². The summed E-state index contributed by atoms with van der Waals surface area (Å²) in [4.78, 5) is 18.4. The van der Waals surface area contributed by atoms with Crippen LogP contribution in [0.25, 0.3) is 11.3 Å². The fourth-order valence-corrected chi connectivity index (χ4v) is 4.00. The Morgan fingerprint density at radius 3 is 2.68 bits per heavy atom. The fourth-order valence-electron chi connectivity index (χ4n) is 3.27. The molecule has 1 aromatic heterocycles. The van der Waals surface area contributed by atoms with Crippen LogP contribution in [0, 0.1) is 17.6 Å². The molecule has 2 aromatic carbocycles. The molecule has 160 valence electrons. The molecule has 3 aromatic rings. The van der Waals surface area contributed by atoms with Gasteiger partial charge in [-0.15, -0.1) is 10.2 Å². The Kier molecular flexibility index (Phi) is 5.86. The number of carbonyl (C=O) groups excluding carboxylic acids is 1. The molecule has 1 aliphatic heterocycles. The average molecular weight is 442 g/mol. The van der Waals surface area contributed by atoms with E-state index in [2.05, 4.69) is 29.0 Å². The number of anilines is 1. The van der Waals surface area contributed by atoms with Crippen LogP contribution < -0.4 is 9.64 Å². The lowest BCUT2D eigenvalue weighted by atomic mass is 10.1. The monoisotopic (exact) mass is 442 g/mol. The SMILES string of the molecule is CC(=O)N1c2ccccc2-c2nnc(SCC(C)C)nc2O[C@@H]1c1cccc(F)c1F. The van der Waals surface area contributed by atoms with E-state index < -0.39 is 23.8 Å². The standard InChI is InChI=1S/C22H20F2N4O2S/c1-12(2)11-31-22-25-20-19(26-27-22)14-7-4-5-10-17(14)28(13(3)29)21(30-20)15-8-6-9-16(23)18(15)24/h4-10,12,21H,11H2,1-3H3/t21-/m1/s1. The smallest absolute Gasteiger partial charge is 0.247 e. The molecule has 4 rings (SSSR count). The van der Waals surface area contributed by atoms with Crippen molar-refractivity contribution in [2.75, 3.05) is 10.7 Å². The molecule has 0 saturated heterocycles. The first kappa shape index (κ1) is 21.2. The van der Waals surface area contributed by atoms with Crippen molar-refractivity contribution in [3.63, 3.8) is 0 Å². The minimum Gasteiger partial charge on any atom is -0.447 e. The highest BCUT2D eigenvalue weighted by atomic mass is 32.2. The van der Waals surface area contributed by atoms with Crippen molar-refractivity contribution in [3.8, 4) is 17.1 Å². The number of thioether (sulfide) groups is 1. The maximum absolute atomic E-state index is 14.8. The van der Waals surface area contributed by atoms with Gasteiger partial charge in [0, 0.05) is 18.2 Å². The Balaban J connectivity index is 1.91. The summed E-state index contributed by atoms with van der Waals surface area (Å²) in [6.45, 7) is 5.48. The summed E-state index contributed by atoms with van der Waals surface area (Å²) in [5.41, 5.74) is 1.22. The van der Waals surface area contributed by atoms with Crippen molar-refractivity contribution in [2.45, 2.75) is 32.2 Å². The van der Waals surface area contributed by atoms with Crippen LogP contribution in [-0.2, 0) is 4.79 Å². The number of rotatable bonds is 4. The number of aromatic nitrogens is 3. The second-order valence-electron chi connectivity index (χ2n) is 7.47. The summed E-state index contributed by atoms with van der Waals surface area (Å²) in [6, 6.07) is 10.8. The molecule has 0 spiro atoms. The van der Waals surface area contributed by atoms with Gasteiger partial charge in [-0.3, -0.25) is 9.69 Å². The number of nitrogens with zero attached hydrogens (tertiary/aromatic N) is 4. The molecule has 0 radical (unpaired) electrons. The summed E-state index contributed by atoms with van der Waals surface area (Å²) < 4.78 is 34.8. The molecule has 0 saturated carbocycles. The maximum Gasteiger partial charge on any atom is 0.247 e. The molecular weight excluding hydrogens is 422 g/mol. The lowest BCUT2D eigenvalue weighted by Crippen LogP contribution is -2.36. The summed E-state index contributed by atoms with van der Waals surface area (Å²) in [7, 11) is 0. The number of benzene rings is 2. The van der Waals surface area contributed by atoms with E-state index in [9.17, 15) is 13.6 Å². The summed E-state index contributed by atoms with van der Waals surface area (Å²) in [5, 5.41) is 8.89. The van der Waals surface area contributed by atoms with Crippen LogP contribution in [0.15, 0.2) is 47.6 Å². The highest BCUT2D eigenvalue weighted by Gasteiger charge is 2.36. The molecule has 0 unspecified atom stereocenters. The number of fused-ring (bicyclic) bond motifs is 3. The lowest BCUT2D eigenvalue weighted by molar-refractivity contribution is -0.118. The zero-order valence-corrected chi connectivity index (χ0v) is 18.0. The largest absolute Gasteiger partial charge is 0.447 e. The minimum absolute atomic E-state index is 0.103. The van der Waals surface area contributed by atoms with Gasteiger partial charge in [0.05, 0.1) is 11.3 Å². The predicted molar refractivity (Wildman–Crippen MR) is 114 cm³/mol.